The summed E-state index contributed by atoms with van der Waals surface area (Å²) in [6.45, 7) is 0. The van der Waals surface area contributed by atoms with Crippen molar-refractivity contribution in [3.8, 4) is 50.6 Å². The molecule has 13 rings (SSSR count). The van der Waals surface area contributed by atoms with Crippen molar-refractivity contribution in [3.05, 3.63) is 200 Å². The van der Waals surface area contributed by atoms with Gasteiger partial charge in [-0.2, -0.15) is 0 Å². The number of furan rings is 2. The molecule has 0 atom stereocenters. The second kappa shape index (κ2) is 13.1. The lowest BCUT2D eigenvalue weighted by molar-refractivity contribution is 0.668. The van der Waals surface area contributed by atoms with E-state index in [1.54, 1.807) is 0 Å². The van der Waals surface area contributed by atoms with Crippen LogP contribution in [0, 0.1) is 0 Å². The Morgan fingerprint density at radius 2 is 0.951 bits per heavy atom. The van der Waals surface area contributed by atoms with Crippen LogP contribution in [-0.2, 0) is 0 Å². The van der Waals surface area contributed by atoms with E-state index in [1.807, 2.05) is 36.4 Å². The summed E-state index contributed by atoms with van der Waals surface area (Å²) < 4.78 is 15.2. The molecule has 0 amide bonds. The van der Waals surface area contributed by atoms with Gasteiger partial charge in [0, 0.05) is 54.5 Å². The number of nitrogens with zero attached hydrogens (tertiary/aromatic N) is 3. The lowest BCUT2D eigenvalue weighted by Crippen LogP contribution is -1.96. The van der Waals surface area contributed by atoms with Crippen molar-refractivity contribution >= 4 is 76.6 Å². The highest BCUT2D eigenvalue weighted by atomic mass is 16.3. The average Bonchev–Trinajstić information content (AvgIpc) is 4.01. The van der Waals surface area contributed by atoms with Crippen LogP contribution in [0.4, 0.5) is 0 Å². The summed E-state index contributed by atoms with van der Waals surface area (Å²) in [6.07, 6.45) is 0. The Morgan fingerprint density at radius 3 is 1.80 bits per heavy atom. The Hall–Kier alpha value is -8.28. The normalized spacial score (nSPS) is 11.9. The first-order chi connectivity index (χ1) is 30.2. The molecule has 9 aromatic carbocycles. The third kappa shape index (κ3) is 5.21. The first-order valence-corrected chi connectivity index (χ1v) is 20.6. The molecular formula is C56H33N3O2. The summed E-state index contributed by atoms with van der Waals surface area (Å²) in [6, 6.07) is 70.2. The smallest absolute Gasteiger partial charge is 0.160 e. The Balaban J connectivity index is 0.950. The summed E-state index contributed by atoms with van der Waals surface area (Å²) in [7, 11) is 0. The van der Waals surface area contributed by atoms with Crippen LogP contribution in [0.5, 0.6) is 0 Å². The maximum absolute atomic E-state index is 6.54. The number of rotatable bonds is 5. The van der Waals surface area contributed by atoms with E-state index in [9.17, 15) is 0 Å². The zero-order valence-electron chi connectivity index (χ0n) is 32.7. The topological polar surface area (TPSA) is 57.0 Å². The van der Waals surface area contributed by atoms with E-state index >= 15 is 0 Å². The minimum Gasteiger partial charge on any atom is -0.456 e. The van der Waals surface area contributed by atoms with Gasteiger partial charge in [-0.1, -0.05) is 127 Å². The molecule has 5 heteroatoms. The Kier molecular flexibility index (Phi) is 7.24. The molecule has 0 N–H and O–H groups in total. The first-order valence-electron chi connectivity index (χ1n) is 20.6. The third-order valence-electron chi connectivity index (χ3n) is 12.2. The van der Waals surface area contributed by atoms with Gasteiger partial charge in [0.15, 0.2) is 5.82 Å². The van der Waals surface area contributed by atoms with E-state index in [0.717, 1.165) is 99.5 Å². The zero-order chi connectivity index (χ0) is 40.0. The molecule has 4 aromatic heterocycles. The van der Waals surface area contributed by atoms with Crippen LogP contribution in [0.3, 0.4) is 0 Å². The van der Waals surface area contributed by atoms with E-state index in [0.29, 0.717) is 5.82 Å². The van der Waals surface area contributed by atoms with Gasteiger partial charge in [-0.25, -0.2) is 9.97 Å². The quantitative estimate of drug-likeness (QED) is 0.175. The van der Waals surface area contributed by atoms with Crippen molar-refractivity contribution in [3.63, 3.8) is 0 Å². The molecule has 0 saturated heterocycles. The minimum absolute atomic E-state index is 0.663. The van der Waals surface area contributed by atoms with Crippen molar-refractivity contribution in [2.24, 2.45) is 0 Å². The molecule has 0 aliphatic carbocycles. The van der Waals surface area contributed by atoms with Gasteiger partial charge in [0.2, 0.25) is 0 Å². The standard InChI is InChI=1S/C56H33N3O2/c1-2-15-38(16-3-1)59-47-23-8-5-17-40(47)44-32-34(27-29-48(44)59)35-28-30-50-45(33-35)53-39(20-11-25-51(53)61-50)36-13-10-14-37(31-36)56-57-46-22-7-4-18-41(46)55(58-56)43-21-12-26-52-54(43)42-19-6-9-24-49(42)60-52/h1-33H. The largest absolute Gasteiger partial charge is 0.456 e. The van der Waals surface area contributed by atoms with Crippen LogP contribution in [0.15, 0.2) is 209 Å². The molecule has 5 nitrogen and oxygen atoms in total. The van der Waals surface area contributed by atoms with Crippen molar-refractivity contribution < 1.29 is 8.83 Å². The number of hydrogen-bond acceptors (Lipinski definition) is 4. The molecule has 0 fully saturated rings. The van der Waals surface area contributed by atoms with E-state index in [-0.39, 0.29) is 0 Å². The molecule has 284 valence electrons. The summed E-state index contributed by atoms with van der Waals surface area (Å²) in [4.78, 5) is 10.5. The second-order valence-corrected chi connectivity index (χ2v) is 15.7. The van der Waals surface area contributed by atoms with E-state index in [1.165, 1.54) is 21.8 Å². The highest BCUT2D eigenvalue weighted by Gasteiger charge is 2.20. The van der Waals surface area contributed by atoms with Crippen LogP contribution in [0.25, 0.3) is 127 Å². The summed E-state index contributed by atoms with van der Waals surface area (Å²) >= 11 is 0. The molecule has 0 bridgehead atoms. The van der Waals surface area contributed by atoms with E-state index in [4.69, 9.17) is 18.8 Å². The van der Waals surface area contributed by atoms with Gasteiger partial charge < -0.3 is 13.4 Å². The van der Waals surface area contributed by atoms with Gasteiger partial charge in [0.05, 0.1) is 22.2 Å². The fraction of sp³-hybridized carbons (Fsp3) is 0. The van der Waals surface area contributed by atoms with Crippen LogP contribution in [0.2, 0.25) is 0 Å². The maximum Gasteiger partial charge on any atom is 0.160 e. The van der Waals surface area contributed by atoms with Crippen molar-refractivity contribution in [1.82, 2.24) is 14.5 Å². The predicted octanol–water partition coefficient (Wildman–Crippen LogP) is 15.2. The lowest BCUT2D eigenvalue weighted by Gasteiger charge is -2.12. The molecule has 13 aromatic rings. The molecule has 0 aliphatic heterocycles. The van der Waals surface area contributed by atoms with Crippen molar-refractivity contribution in [1.29, 1.82) is 0 Å². The zero-order valence-corrected chi connectivity index (χ0v) is 32.7. The molecule has 0 aliphatic rings. The fourth-order valence-electron chi connectivity index (χ4n) is 9.46. The monoisotopic (exact) mass is 779 g/mol. The molecular weight excluding hydrogens is 747 g/mol. The van der Waals surface area contributed by atoms with Gasteiger partial charge in [0.25, 0.3) is 0 Å². The van der Waals surface area contributed by atoms with Gasteiger partial charge in [-0.3, -0.25) is 0 Å². The van der Waals surface area contributed by atoms with Gasteiger partial charge in [-0.05, 0) is 95.1 Å². The van der Waals surface area contributed by atoms with E-state index < -0.39 is 0 Å². The summed E-state index contributed by atoms with van der Waals surface area (Å²) in [5.74, 6) is 0.663. The van der Waals surface area contributed by atoms with Crippen LogP contribution in [-0.4, -0.2) is 14.5 Å². The SMILES string of the molecule is c1ccc(-n2c3ccccc3c3cc(-c4ccc5oc6cccc(-c7cccc(-c8nc(-c9cccc%10oc%11ccccc%11c9%10)c9ccccc9n8)c7)c6c5c4)ccc32)cc1. The summed E-state index contributed by atoms with van der Waals surface area (Å²) in [5.41, 5.74) is 15.1. The Labute approximate surface area is 349 Å². The van der Waals surface area contributed by atoms with Crippen molar-refractivity contribution in [2.45, 2.75) is 0 Å². The number of aromatic nitrogens is 3. The number of fused-ring (bicyclic) bond motifs is 10. The van der Waals surface area contributed by atoms with Crippen LogP contribution in [0.1, 0.15) is 0 Å². The number of para-hydroxylation sites is 4. The maximum atomic E-state index is 6.54. The van der Waals surface area contributed by atoms with Gasteiger partial charge in [0.1, 0.15) is 22.3 Å². The molecule has 0 radical (unpaired) electrons. The molecule has 0 spiro atoms. The second-order valence-electron chi connectivity index (χ2n) is 15.7. The molecule has 4 heterocycles. The molecule has 0 saturated carbocycles. The fourth-order valence-corrected chi connectivity index (χ4v) is 9.46. The highest BCUT2D eigenvalue weighted by molar-refractivity contribution is 6.16. The summed E-state index contributed by atoms with van der Waals surface area (Å²) in [5, 5.41) is 7.72. The van der Waals surface area contributed by atoms with Crippen molar-refractivity contribution in [2.75, 3.05) is 0 Å². The Morgan fingerprint density at radius 1 is 0.344 bits per heavy atom. The minimum atomic E-state index is 0.663. The predicted molar refractivity (Wildman–Crippen MR) is 250 cm³/mol. The average molecular weight is 780 g/mol. The van der Waals surface area contributed by atoms with Gasteiger partial charge in [-0.15, -0.1) is 0 Å². The van der Waals surface area contributed by atoms with Crippen LogP contribution < -0.4 is 0 Å². The van der Waals surface area contributed by atoms with E-state index in [2.05, 4.69) is 168 Å². The highest BCUT2D eigenvalue weighted by Crippen LogP contribution is 2.42. The molecule has 61 heavy (non-hydrogen) atoms. The Bertz CT molecular complexity index is 3890. The number of hydrogen-bond donors (Lipinski definition) is 0. The van der Waals surface area contributed by atoms with Crippen LogP contribution >= 0.6 is 0 Å². The molecule has 0 unspecified atom stereocenters. The van der Waals surface area contributed by atoms with Gasteiger partial charge >= 0.3 is 0 Å². The number of benzene rings is 9. The first kappa shape index (κ1) is 33.7. The lowest BCUT2D eigenvalue weighted by atomic mass is 9.96. The third-order valence-corrected chi connectivity index (χ3v) is 12.2.